The molecule has 3 aliphatic heterocycles. The molecule has 5 atom stereocenters. The van der Waals surface area contributed by atoms with E-state index in [-0.39, 0.29) is 17.9 Å². The minimum atomic E-state index is -1.09. The molecule has 3 saturated heterocycles. The lowest BCUT2D eigenvalue weighted by atomic mass is 9.98. The average Bonchev–Trinajstić information content (AvgIpc) is 3.19. The van der Waals surface area contributed by atoms with E-state index in [1.807, 2.05) is 0 Å². The number of nitro benzene ring substituents is 1. The van der Waals surface area contributed by atoms with Gasteiger partial charge in [0.2, 0.25) is 5.91 Å². The summed E-state index contributed by atoms with van der Waals surface area (Å²) in [5.41, 5.74) is 0.0778. The molecular formula is C20H25N3O9. The van der Waals surface area contributed by atoms with Gasteiger partial charge in [-0.25, -0.2) is 0 Å². The molecule has 174 valence electrons. The zero-order chi connectivity index (χ0) is 23.3. The highest BCUT2D eigenvalue weighted by Crippen LogP contribution is 2.44. The van der Waals surface area contributed by atoms with Gasteiger partial charge in [-0.1, -0.05) is 6.07 Å². The van der Waals surface area contributed by atoms with Gasteiger partial charge in [-0.3, -0.25) is 19.7 Å². The molecule has 12 heteroatoms. The normalized spacial score (nSPS) is 31.9. The van der Waals surface area contributed by atoms with Crippen molar-refractivity contribution in [3.05, 3.63) is 34.4 Å². The summed E-state index contributed by atoms with van der Waals surface area (Å²) in [6.45, 7) is 6.54. The fraction of sp³-hybridized carbons (Fsp3) is 0.600. The van der Waals surface area contributed by atoms with Gasteiger partial charge < -0.3 is 34.3 Å². The maximum Gasteiger partial charge on any atom is 0.271 e. The average molecular weight is 451 g/mol. The number of ether oxygens (including phenoxy) is 5. The van der Waals surface area contributed by atoms with Crippen LogP contribution in [0.5, 0.6) is 0 Å². The van der Waals surface area contributed by atoms with Crippen molar-refractivity contribution >= 4 is 23.2 Å². The number of non-ortho nitro benzene ring substituents is 1. The molecule has 0 aromatic heterocycles. The summed E-state index contributed by atoms with van der Waals surface area (Å²) < 4.78 is 29.3. The van der Waals surface area contributed by atoms with Crippen LogP contribution in [0.4, 0.5) is 11.4 Å². The molecule has 2 amide bonds. The Labute approximate surface area is 183 Å². The van der Waals surface area contributed by atoms with Gasteiger partial charge in [0, 0.05) is 17.8 Å². The molecule has 2 N–H and O–H groups in total. The molecule has 1 aromatic carbocycles. The van der Waals surface area contributed by atoms with Crippen LogP contribution >= 0.6 is 0 Å². The van der Waals surface area contributed by atoms with Gasteiger partial charge in [0.25, 0.3) is 11.6 Å². The van der Waals surface area contributed by atoms with E-state index in [1.54, 1.807) is 27.7 Å². The van der Waals surface area contributed by atoms with Gasteiger partial charge >= 0.3 is 0 Å². The first-order valence-electron chi connectivity index (χ1n) is 10.1. The summed E-state index contributed by atoms with van der Waals surface area (Å²) >= 11 is 0. The fourth-order valence-corrected chi connectivity index (χ4v) is 3.99. The molecule has 32 heavy (non-hydrogen) atoms. The van der Waals surface area contributed by atoms with E-state index >= 15 is 0 Å². The van der Waals surface area contributed by atoms with Crippen LogP contribution < -0.4 is 10.6 Å². The zero-order valence-corrected chi connectivity index (χ0v) is 18.0. The predicted molar refractivity (Wildman–Crippen MR) is 107 cm³/mol. The summed E-state index contributed by atoms with van der Waals surface area (Å²) in [4.78, 5) is 35.4. The third-order valence-corrected chi connectivity index (χ3v) is 5.18. The maximum atomic E-state index is 12.9. The topological polar surface area (TPSA) is 147 Å². The Hall–Kier alpha value is -2.64. The third-order valence-electron chi connectivity index (χ3n) is 5.18. The largest absolute Gasteiger partial charge is 0.345 e. The third kappa shape index (κ3) is 4.59. The van der Waals surface area contributed by atoms with E-state index in [9.17, 15) is 19.7 Å². The molecule has 3 heterocycles. The number of fused-ring (bicyclic) bond motifs is 3. The molecule has 4 rings (SSSR count). The zero-order valence-electron chi connectivity index (χ0n) is 18.0. The number of anilines is 1. The van der Waals surface area contributed by atoms with Crippen molar-refractivity contribution in [1.82, 2.24) is 5.32 Å². The fourth-order valence-electron chi connectivity index (χ4n) is 3.99. The van der Waals surface area contributed by atoms with Gasteiger partial charge in [0.05, 0.1) is 11.5 Å². The number of nitro groups is 1. The van der Waals surface area contributed by atoms with Crippen molar-refractivity contribution in [2.45, 2.75) is 70.0 Å². The second kappa shape index (κ2) is 8.05. The second-order valence-corrected chi connectivity index (χ2v) is 8.66. The summed E-state index contributed by atoms with van der Waals surface area (Å²) in [6, 6.07) is 5.48. The van der Waals surface area contributed by atoms with Crippen LogP contribution in [0, 0.1) is 10.1 Å². The first kappa shape index (κ1) is 22.6. The molecule has 0 spiro atoms. The summed E-state index contributed by atoms with van der Waals surface area (Å²) in [5.74, 6) is -3.02. The summed E-state index contributed by atoms with van der Waals surface area (Å²) in [5, 5.41) is 15.9. The number of rotatable bonds is 5. The predicted octanol–water partition coefficient (Wildman–Crippen LogP) is 1.05. The van der Waals surface area contributed by atoms with Gasteiger partial charge in [0.1, 0.15) is 18.3 Å². The SMILES string of the molecule is CC1(C)O[C@@H]2O[C@H](C(=O)NCC(=O)Nc3cccc([N+](=O)[O-])c3)[C@@H]3OC(C)(C)O[C@H]3[C@@H]2O1. The van der Waals surface area contributed by atoms with E-state index in [0.717, 1.165) is 0 Å². The standard InChI is InChI=1S/C20H25N3O9/c1-19(2)29-13-14(30-19)16-18(32-20(3,4)31-16)28-15(13)17(25)21-9-12(24)22-10-6-5-7-11(8-10)23(26)27/h5-8,13-16,18H,9H2,1-4H3,(H,21,25)(H,22,24)/t13-,14-,15+,16+,18+/m1/s1. The van der Waals surface area contributed by atoms with Crippen molar-refractivity contribution in [1.29, 1.82) is 0 Å². The van der Waals surface area contributed by atoms with E-state index in [2.05, 4.69) is 10.6 Å². The number of carbonyl (C=O) groups is 2. The van der Waals surface area contributed by atoms with Crippen LogP contribution in [0.25, 0.3) is 0 Å². The Kier molecular flexibility index (Phi) is 5.67. The molecule has 0 radical (unpaired) electrons. The number of carbonyl (C=O) groups excluding carboxylic acids is 2. The lowest BCUT2D eigenvalue weighted by Gasteiger charge is -2.36. The maximum absolute atomic E-state index is 12.9. The Bertz CT molecular complexity index is 935. The van der Waals surface area contributed by atoms with E-state index < -0.39 is 59.0 Å². The van der Waals surface area contributed by atoms with Crippen molar-refractivity contribution in [3.8, 4) is 0 Å². The molecule has 3 aliphatic rings. The highest BCUT2D eigenvalue weighted by atomic mass is 16.9. The summed E-state index contributed by atoms with van der Waals surface area (Å²) in [6.07, 6.45) is -3.86. The molecule has 0 aliphatic carbocycles. The van der Waals surface area contributed by atoms with Crippen LogP contribution in [-0.4, -0.2) is 65.6 Å². The lowest BCUT2D eigenvalue weighted by Crippen LogP contribution is -2.59. The minimum absolute atomic E-state index is 0.161. The molecule has 12 nitrogen and oxygen atoms in total. The second-order valence-electron chi connectivity index (χ2n) is 8.66. The van der Waals surface area contributed by atoms with Crippen LogP contribution in [0.3, 0.4) is 0 Å². The van der Waals surface area contributed by atoms with E-state index in [0.29, 0.717) is 0 Å². The number of benzene rings is 1. The first-order chi connectivity index (χ1) is 14.9. The molecule has 0 saturated carbocycles. The highest BCUT2D eigenvalue weighted by molar-refractivity contribution is 5.95. The molecule has 3 fully saturated rings. The van der Waals surface area contributed by atoms with Gasteiger partial charge in [-0.2, -0.15) is 0 Å². The quantitative estimate of drug-likeness (QED) is 0.495. The molecule has 0 unspecified atom stereocenters. The van der Waals surface area contributed by atoms with Crippen LogP contribution in [0.15, 0.2) is 24.3 Å². The van der Waals surface area contributed by atoms with E-state index in [4.69, 9.17) is 23.7 Å². The van der Waals surface area contributed by atoms with Crippen LogP contribution in [0.1, 0.15) is 27.7 Å². The van der Waals surface area contributed by atoms with Crippen LogP contribution in [0.2, 0.25) is 0 Å². The minimum Gasteiger partial charge on any atom is -0.345 e. The highest BCUT2D eigenvalue weighted by Gasteiger charge is 2.62. The van der Waals surface area contributed by atoms with Crippen molar-refractivity contribution in [3.63, 3.8) is 0 Å². The van der Waals surface area contributed by atoms with E-state index in [1.165, 1.54) is 24.3 Å². The van der Waals surface area contributed by atoms with Gasteiger partial charge in [0.15, 0.2) is 24.0 Å². The number of hydrogen-bond donors (Lipinski definition) is 2. The van der Waals surface area contributed by atoms with Crippen molar-refractivity contribution in [2.24, 2.45) is 0 Å². The van der Waals surface area contributed by atoms with Gasteiger partial charge in [-0.05, 0) is 33.8 Å². The Balaban J connectivity index is 1.40. The molecule has 1 aromatic rings. The molecule has 0 bridgehead atoms. The Morgan fingerprint density at radius 2 is 1.69 bits per heavy atom. The monoisotopic (exact) mass is 451 g/mol. The van der Waals surface area contributed by atoms with Crippen molar-refractivity contribution in [2.75, 3.05) is 11.9 Å². The van der Waals surface area contributed by atoms with Crippen molar-refractivity contribution < 1.29 is 38.2 Å². The Morgan fingerprint density at radius 1 is 1.03 bits per heavy atom. The van der Waals surface area contributed by atoms with Crippen LogP contribution in [-0.2, 0) is 33.3 Å². The Morgan fingerprint density at radius 3 is 2.41 bits per heavy atom. The smallest absolute Gasteiger partial charge is 0.271 e. The number of nitrogens with zero attached hydrogens (tertiary/aromatic N) is 1. The molecular weight excluding hydrogens is 426 g/mol. The number of nitrogens with one attached hydrogen (secondary N) is 2. The number of hydrogen-bond acceptors (Lipinski definition) is 9. The first-order valence-corrected chi connectivity index (χ1v) is 10.1. The number of amides is 2. The van der Waals surface area contributed by atoms with Gasteiger partial charge in [-0.15, -0.1) is 0 Å². The lowest BCUT2D eigenvalue weighted by molar-refractivity contribution is -0.384. The summed E-state index contributed by atoms with van der Waals surface area (Å²) in [7, 11) is 0.